The molecule has 0 aliphatic heterocycles. The molecule has 0 radical (unpaired) electrons. The summed E-state index contributed by atoms with van der Waals surface area (Å²) in [6, 6.07) is 2.64. The predicted octanol–water partition coefficient (Wildman–Crippen LogP) is 2.21. The molecule has 14 heavy (non-hydrogen) atoms. The van der Waals surface area contributed by atoms with Gasteiger partial charge < -0.3 is 5.73 Å². The number of pyridine rings is 1. The van der Waals surface area contributed by atoms with Gasteiger partial charge in [0.2, 0.25) is 0 Å². The molecular weight excluding hydrogens is 308 g/mol. The Hall–Kier alpha value is -0.370. The van der Waals surface area contributed by atoms with E-state index in [1.165, 1.54) is 0 Å². The fraction of sp³-hybridized carbons (Fsp3) is 0.375. The Balaban J connectivity index is 3.07. The van der Waals surface area contributed by atoms with E-state index in [-0.39, 0.29) is 0 Å². The smallest absolute Gasteiger partial charge is 0.330 e. The summed E-state index contributed by atoms with van der Waals surface area (Å²) in [6.07, 6.45) is -3.95. The molecule has 0 saturated carbocycles. The first kappa shape index (κ1) is 11.7. The fourth-order valence-electron chi connectivity index (χ4n) is 1.01. The molecule has 2 N–H and O–H groups in total. The molecule has 1 rings (SSSR count). The highest BCUT2D eigenvalue weighted by molar-refractivity contribution is 14.1. The Kier molecular flexibility index (Phi) is 3.71. The fourth-order valence-corrected chi connectivity index (χ4v) is 1.67. The maximum atomic E-state index is 12.3. The van der Waals surface area contributed by atoms with Crippen molar-refractivity contribution in [2.45, 2.75) is 12.6 Å². The Labute approximate surface area is 92.8 Å². The third kappa shape index (κ3) is 3.09. The first-order valence-electron chi connectivity index (χ1n) is 3.87. The van der Waals surface area contributed by atoms with E-state index in [9.17, 15) is 13.2 Å². The maximum Gasteiger partial charge on any atom is 0.433 e. The van der Waals surface area contributed by atoms with Crippen LogP contribution in [0.4, 0.5) is 13.2 Å². The van der Waals surface area contributed by atoms with Crippen molar-refractivity contribution in [3.05, 3.63) is 27.1 Å². The van der Waals surface area contributed by atoms with Crippen LogP contribution in [0.1, 0.15) is 11.3 Å². The van der Waals surface area contributed by atoms with E-state index in [0.717, 1.165) is 6.07 Å². The van der Waals surface area contributed by atoms with Gasteiger partial charge in [0.05, 0.1) is 0 Å². The van der Waals surface area contributed by atoms with Gasteiger partial charge in [-0.05, 0) is 53.3 Å². The van der Waals surface area contributed by atoms with Crippen LogP contribution in [0.5, 0.6) is 0 Å². The van der Waals surface area contributed by atoms with Crippen molar-refractivity contribution in [3.8, 4) is 0 Å². The van der Waals surface area contributed by atoms with Crippen LogP contribution in [-0.2, 0) is 12.6 Å². The van der Waals surface area contributed by atoms with Crippen LogP contribution >= 0.6 is 22.6 Å². The van der Waals surface area contributed by atoms with Gasteiger partial charge in [-0.3, -0.25) is 0 Å². The zero-order valence-electron chi connectivity index (χ0n) is 7.11. The SMILES string of the molecule is NCCc1cc(I)nc(C(F)(F)F)c1. The summed E-state index contributed by atoms with van der Waals surface area (Å²) in [6.45, 7) is 0.331. The number of hydrogen-bond donors (Lipinski definition) is 1. The number of rotatable bonds is 2. The second-order valence-electron chi connectivity index (χ2n) is 2.72. The highest BCUT2D eigenvalue weighted by Gasteiger charge is 2.32. The van der Waals surface area contributed by atoms with E-state index in [0.29, 0.717) is 22.2 Å². The van der Waals surface area contributed by atoms with Crippen molar-refractivity contribution >= 4 is 22.6 Å². The van der Waals surface area contributed by atoms with E-state index in [2.05, 4.69) is 4.98 Å². The van der Waals surface area contributed by atoms with E-state index in [4.69, 9.17) is 5.73 Å². The van der Waals surface area contributed by atoms with Crippen molar-refractivity contribution in [2.75, 3.05) is 6.54 Å². The minimum Gasteiger partial charge on any atom is -0.330 e. The Morgan fingerprint density at radius 1 is 1.36 bits per heavy atom. The van der Waals surface area contributed by atoms with Crippen molar-refractivity contribution in [2.24, 2.45) is 5.73 Å². The van der Waals surface area contributed by atoms with Crippen LogP contribution in [0, 0.1) is 3.70 Å². The second kappa shape index (κ2) is 4.43. The molecule has 0 aliphatic carbocycles. The number of nitrogens with zero attached hydrogens (tertiary/aromatic N) is 1. The number of aromatic nitrogens is 1. The van der Waals surface area contributed by atoms with Gasteiger partial charge in [0, 0.05) is 0 Å². The molecule has 0 atom stereocenters. The molecule has 0 bridgehead atoms. The normalized spacial score (nSPS) is 11.8. The molecule has 6 heteroatoms. The quantitative estimate of drug-likeness (QED) is 0.671. The average molecular weight is 316 g/mol. The summed E-state index contributed by atoms with van der Waals surface area (Å²) in [5.41, 5.74) is 4.98. The Morgan fingerprint density at radius 2 is 2.00 bits per heavy atom. The van der Waals surface area contributed by atoms with E-state index in [1.807, 2.05) is 0 Å². The molecule has 0 unspecified atom stereocenters. The lowest BCUT2D eigenvalue weighted by Crippen LogP contribution is -2.11. The lowest BCUT2D eigenvalue weighted by molar-refractivity contribution is -0.141. The first-order valence-corrected chi connectivity index (χ1v) is 4.95. The molecule has 1 aromatic heterocycles. The summed E-state index contributed by atoms with van der Waals surface area (Å²) in [5.74, 6) is 0. The van der Waals surface area contributed by atoms with Crippen LogP contribution < -0.4 is 5.73 Å². The van der Waals surface area contributed by atoms with Crippen LogP contribution in [0.15, 0.2) is 12.1 Å². The third-order valence-electron chi connectivity index (χ3n) is 1.58. The van der Waals surface area contributed by atoms with Crippen LogP contribution in [0.3, 0.4) is 0 Å². The highest BCUT2D eigenvalue weighted by atomic mass is 127. The molecule has 78 valence electrons. The average Bonchev–Trinajstić information content (AvgIpc) is 2.02. The van der Waals surface area contributed by atoms with Gasteiger partial charge in [-0.25, -0.2) is 4.98 Å². The largest absolute Gasteiger partial charge is 0.433 e. The van der Waals surface area contributed by atoms with Gasteiger partial charge >= 0.3 is 6.18 Å². The molecule has 1 aromatic rings. The van der Waals surface area contributed by atoms with Crippen LogP contribution in [0.2, 0.25) is 0 Å². The molecule has 0 aliphatic rings. The molecule has 0 aromatic carbocycles. The molecule has 0 spiro atoms. The maximum absolute atomic E-state index is 12.3. The predicted molar refractivity (Wildman–Crippen MR) is 54.7 cm³/mol. The minimum atomic E-state index is -4.38. The number of hydrogen-bond acceptors (Lipinski definition) is 2. The summed E-state index contributed by atoms with van der Waals surface area (Å²) in [7, 11) is 0. The number of alkyl halides is 3. The Bertz CT molecular complexity index is 325. The number of halogens is 4. The standard InChI is InChI=1S/C8H8F3IN2/c9-8(10,11)6-3-5(1-2-13)4-7(12)14-6/h3-4H,1-2,13H2. The number of nitrogens with two attached hydrogens (primary N) is 1. The topological polar surface area (TPSA) is 38.9 Å². The van der Waals surface area contributed by atoms with Crippen LogP contribution in [0.25, 0.3) is 0 Å². The molecule has 0 amide bonds. The Morgan fingerprint density at radius 3 is 2.50 bits per heavy atom. The zero-order valence-corrected chi connectivity index (χ0v) is 9.26. The zero-order chi connectivity index (χ0) is 10.8. The summed E-state index contributed by atoms with van der Waals surface area (Å²) >= 11 is 1.76. The van der Waals surface area contributed by atoms with Gasteiger partial charge in [-0.2, -0.15) is 13.2 Å². The van der Waals surface area contributed by atoms with Crippen molar-refractivity contribution in [1.29, 1.82) is 0 Å². The van der Waals surface area contributed by atoms with Gasteiger partial charge in [-0.15, -0.1) is 0 Å². The highest BCUT2D eigenvalue weighted by Crippen LogP contribution is 2.28. The van der Waals surface area contributed by atoms with Crippen LogP contribution in [-0.4, -0.2) is 11.5 Å². The first-order chi connectivity index (χ1) is 6.43. The van der Waals surface area contributed by atoms with E-state index >= 15 is 0 Å². The molecule has 1 heterocycles. The monoisotopic (exact) mass is 316 g/mol. The van der Waals surface area contributed by atoms with Crippen molar-refractivity contribution in [1.82, 2.24) is 4.98 Å². The molecule has 2 nitrogen and oxygen atoms in total. The molecule has 0 fully saturated rings. The van der Waals surface area contributed by atoms with Gasteiger partial charge in [-0.1, -0.05) is 0 Å². The lowest BCUT2D eigenvalue weighted by Gasteiger charge is -2.08. The summed E-state index contributed by atoms with van der Waals surface area (Å²) < 4.78 is 37.2. The molecule has 0 saturated heterocycles. The third-order valence-corrected chi connectivity index (χ3v) is 2.13. The van der Waals surface area contributed by atoms with E-state index in [1.54, 1.807) is 28.7 Å². The van der Waals surface area contributed by atoms with Gasteiger partial charge in [0.1, 0.15) is 9.39 Å². The summed E-state index contributed by atoms with van der Waals surface area (Å²) in [4.78, 5) is 3.41. The lowest BCUT2D eigenvalue weighted by atomic mass is 10.1. The summed E-state index contributed by atoms with van der Waals surface area (Å²) in [5, 5.41) is 0. The van der Waals surface area contributed by atoms with Crippen molar-refractivity contribution in [3.63, 3.8) is 0 Å². The molecular formula is C8H8F3IN2. The van der Waals surface area contributed by atoms with Gasteiger partial charge in [0.15, 0.2) is 0 Å². The second-order valence-corrected chi connectivity index (χ2v) is 3.83. The minimum absolute atomic E-state index is 0.331. The van der Waals surface area contributed by atoms with Crippen molar-refractivity contribution < 1.29 is 13.2 Å². The van der Waals surface area contributed by atoms with E-state index < -0.39 is 11.9 Å². The van der Waals surface area contributed by atoms with Gasteiger partial charge in [0.25, 0.3) is 0 Å².